The van der Waals surface area contributed by atoms with Crippen LogP contribution in [0.5, 0.6) is 0 Å². The van der Waals surface area contributed by atoms with Gasteiger partial charge in [-0.2, -0.15) is 0 Å². The molecule has 144 valence electrons. The van der Waals surface area contributed by atoms with Crippen LogP contribution in [0.25, 0.3) is 0 Å². The van der Waals surface area contributed by atoms with Crippen LogP contribution in [0.15, 0.2) is 59.5 Å². The van der Waals surface area contributed by atoms with Gasteiger partial charge in [-0.15, -0.1) is 0 Å². The number of amides is 1. The fourth-order valence-electron chi connectivity index (χ4n) is 3.23. The van der Waals surface area contributed by atoms with Crippen LogP contribution in [-0.2, 0) is 14.6 Å². The number of nitrogens with zero attached hydrogens (tertiary/aromatic N) is 2. The molecule has 8 heteroatoms. The van der Waals surface area contributed by atoms with E-state index in [1.54, 1.807) is 42.5 Å². The molecule has 0 aliphatic carbocycles. The van der Waals surface area contributed by atoms with E-state index in [2.05, 4.69) is 0 Å². The third-order valence-electron chi connectivity index (χ3n) is 4.76. The maximum atomic E-state index is 13.1. The smallest absolute Gasteiger partial charge is 0.236 e. The van der Waals surface area contributed by atoms with Gasteiger partial charge >= 0.3 is 0 Å². The molecule has 1 unspecified atom stereocenters. The first-order valence-corrected chi connectivity index (χ1v) is 10.3. The highest BCUT2D eigenvalue weighted by Gasteiger charge is 2.32. The SMILES string of the molecule is NC(=O)C1CN(c2ccc(F)cc2)CCN1CCS(=O)(=O)c1ccccc1. The summed E-state index contributed by atoms with van der Waals surface area (Å²) in [5.41, 5.74) is 6.36. The average molecular weight is 391 g/mol. The molecular weight excluding hydrogens is 369 g/mol. The van der Waals surface area contributed by atoms with Crippen molar-refractivity contribution in [2.24, 2.45) is 5.73 Å². The lowest BCUT2D eigenvalue weighted by Gasteiger charge is -2.41. The number of piperazine rings is 1. The number of hydrogen-bond acceptors (Lipinski definition) is 5. The van der Waals surface area contributed by atoms with Gasteiger partial charge < -0.3 is 10.6 Å². The summed E-state index contributed by atoms with van der Waals surface area (Å²) in [4.78, 5) is 16.0. The van der Waals surface area contributed by atoms with Gasteiger partial charge in [-0.1, -0.05) is 18.2 Å². The molecule has 1 aliphatic rings. The van der Waals surface area contributed by atoms with Crippen LogP contribution < -0.4 is 10.6 Å². The maximum Gasteiger partial charge on any atom is 0.236 e. The number of anilines is 1. The normalized spacial score (nSPS) is 18.4. The van der Waals surface area contributed by atoms with Crippen LogP contribution in [0.3, 0.4) is 0 Å². The number of sulfone groups is 1. The molecule has 27 heavy (non-hydrogen) atoms. The van der Waals surface area contributed by atoms with E-state index in [-0.39, 0.29) is 23.0 Å². The summed E-state index contributed by atoms with van der Waals surface area (Å²) in [6.07, 6.45) is 0. The van der Waals surface area contributed by atoms with Gasteiger partial charge in [-0.3, -0.25) is 9.69 Å². The summed E-state index contributed by atoms with van der Waals surface area (Å²) >= 11 is 0. The molecule has 1 atom stereocenters. The van der Waals surface area contributed by atoms with E-state index in [4.69, 9.17) is 5.73 Å². The van der Waals surface area contributed by atoms with Crippen LogP contribution in [0.2, 0.25) is 0 Å². The Morgan fingerprint density at radius 2 is 1.74 bits per heavy atom. The first kappa shape index (κ1) is 19.3. The number of carbonyl (C=O) groups is 1. The molecule has 1 saturated heterocycles. The molecule has 0 radical (unpaired) electrons. The summed E-state index contributed by atoms with van der Waals surface area (Å²) in [5, 5.41) is 0. The standard InChI is InChI=1S/C19H22FN3O3S/c20-15-6-8-16(9-7-15)23-11-10-22(18(14-23)19(21)24)12-13-27(25,26)17-4-2-1-3-5-17/h1-9,18H,10-14H2,(H2,21,24). The van der Waals surface area contributed by atoms with E-state index in [1.807, 2.05) is 9.80 Å². The minimum Gasteiger partial charge on any atom is -0.368 e. The molecule has 0 aromatic heterocycles. The quantitative estimate of drug-likeness (QED) is 0.802. The monoisotopic (exact) mass is 391 g/mol. The van der Waals surface area contributed by atoms with Crippen molar-refractivity contribution in [1.29, 1.82) is 0 Å². The molecule has 1 amide bonds. The van der Waals surface area contributed by atoms with Crippen molar-refractivity contribution in [2.75, 3.05) is 36.8 Å². The van der Waals surface area contributed by atoms with Crippen LogP contribution in [-0.4, -0.2) is 57.2 Å². The predicted octanol–water partition coefficient (Wildman–Crippen LogP) is 1.28. The van der Waals surface area contributed by atoms with Crippen molar-refractivity contribution in [3.8, 4) is 0 Å². The molecule has 0 saturated carbocycles. The molecule has 1 fully saturated rings. The Labute approximate surface area is 158 Å². The molecule has 3 rings (SSSR count). The number of benzene rings is 2. The van der Waals surface area contributed by atoms with E-state index in [1.165, 1.54) is 12.1 Å². The summed E-state index contributed by atoms with van der Waals surface area (Å²) < 4.78 is 38.1. The van der Waals surface area contributed by atoms with Crippen molar-refractivity contribution >= 4 is 21.4 Å². The highest BCUT2D eigenvalue weighted by molar-refractivity contribution is 7.91. The Balaban J connectivity index is 1.68. The zero-order valence-corrected chi connectivity index (χ0v) is 15.6. The molecule has 2 aromatic rings. The van der Waals surface area contributed by atoms with Gasteiger partial charge in [0.2, 0.25) is 5.91 Å². The number of nitrogens with two attached hydrogens (primary N) is 1. The first-order chi connectivity index (χ1) is 12.9. The van der Waals surface area contributed by atoms with Gasteiger partial charge in [-0.05, 0) is 36.4 Å². The summed E-state index contributed by atoms with van der Waals surface area (Å²) in [6, 6.07) is 13.7. The summed E-state index contributed by atoms with van der Waals surface area (Å²) in [7, 11) is -3.43. The summed E-state index contributed by atoms with van der Waals surface area (Å²) in [6.45, 7) is 1.66. The van der Waals surface area contributed by atoms with E-state index in [9.17, 15) is 17.6 Å². The van der Waals surface area contributed by atoms with Gasteiger partial charge in [-0.25, -0.2) is 12.8 Å². The average Bonchev–Trinajstić information content (AvgIpc) is 2.67. The van der Waals surface area contributed by atoms with Crippen molar-refractivity contribution in [2.45, 2.75) is 10.9 Å². The van der Waals surface area contributed by atoms with Gasteiger partial charge in [0.1, 0.15) is 11.9 Å². The Bertz CT molecular complexity index is 888. The van der Waals surface area contributed by atoms with Crippen LogP contribution in [0, 0.1) is 5.82 Å². The minimum atomic E-state index is -3.43. The molecule has 0 spiro atoms. The Morgan fingerprint density at radius 3 is 2.37 bits per heavy atom. The third-order valence-corrected chi connectivity index (χ3v) is 6.47. The van der Waals surface area contributed by atoms with Gasteiger partial charge in [0.15, 0.2) is 9.84 Å². The highest BCUT2D eigenvalue weighted by atomic mass is 32.2. The number of carbonyl (C=O) groups excluding carboxylic acids is 1. The Kier molecular flexibility index (Phi) is 5.76. The van der Waals surface area contributed by atoms with E-state index in [0.29, 0.717) is 19.6 Å². The van der Waals surface area contributed by atoms with E-state index in [0.717, 1.165) is 5.69 Å². The number of hydrogen-bond donors (Lipinski definition) is 1. The second-order valence-electron chi connectivity index (χ2n) is 6.51. The zero-order chi connectivity index (χ0) is 19.4. The lowest BCUT2D eigenvalue weighted by atomic mass is 10.1. The molecule has 2 aromatic carbocycles. The topological polar surface area (TPSA) is 83.7 Å². The van der Waals surface area contributed by atoms with Crippen LogP contribution in [0.1, 0.15) is 0 Å². The van der Waals surface area contributed by atoms with Crippen LogP contribution in [0.4, 0.5) is 10.1 Å². The third kappa shape index (κ3) is 4.64. The number of rotatable bonds is 6. The molecule has 2 N–H and O–H groups in total. The first-order valence-electron chi connectivity index (χ1n) is 8.68. The van der Waals surface area contributed by atoms with E-state index >= 15 is 0 Å². The Hall–Kier alpha value is -2.45. The lowest BCUT2D eigenvalue weighted by Crippen LogP contribution is -2.59. The molecule has 1 heterocycles. The lowest BCUT2D eigenvalue weighted by molar-refractivity contribution is -0.123. The zero-order valence-electron chi connectivity index (χ0n) is 14.8. The highest BCUT2D eigenvalue weighted by Crippen LogP contribution is 2.20. The second-order valence-corrected chi connectivity index (χ2v) is 8.62. The minimum absolute atomic E-state index is 0.0860. The van der Waals surface area contributed by atoms with Gasteiger partial charge in [0.25, 0.3) is 0 Å². The molecule has 1 aliphatic heterocycles. The van der Waals surface area contributed by atoms with Crippen molar-refractivity contribution in [3.05, 3.63) is 60.4 Å². The van der Waals surface area contributed by atoms with Crippen molar-refractivity contribution < 1.29 is 17.6 Å². The van der Waals surface area contributed by atoms with Gasteiger partial charge in [0.05, 0.1) is 10.6 Å². The predicted molar refractivity (Wildman–Crippen MR) is 102 cm³/mol. The van der Waals surface area contributed by atoms with Gasteiger partial charge in [0, 0.05) is 31.9 Å². The molecular formula is C19H22FN3O3S. The van der Waals surface area contributed by atoms with Crippen LogP contribution >= 0.6 is 0 Å². The fraction of sp³-hybridized carbons (Fsp3) is 0.316. The Morgan fingerprint density at radius 1 is 1.07 bits per heavy atom. The molecule has 0 bridgehead atoms. The van der Waals surface area contributed by atoms with Crippen molar-refractivity contribution in [3.63, 3.8) is 0 Å². The second kappa shape index (κ2) is 8.06. The molecule has 6 nitrogen and oxygen atoms in total. The van der Waals surface area contributed by atoms with E-state index < -0.39 is 21.8 Å². The summed E-state index contributed by atoms with van der Waals surface area (Å²) in [5.74, 6) is -0.911. The number of halogens is 1. The maximum absolute atomic E-state index is 13.1. The van der Waals surface area contributed by atoms with Crippen molar-refractivity contribution in [1.82, 2.24) is 4.90 Å². The number of primary amides is 1. The fourth-order valence-corrected chi connectivity index (χ4v) is 4.51. The largest absolute Gasteiger partial charge is 0.368 e.